The van der Waals surface area contributed by atoms with Gasteiger partial charge in [0.2, 0.25) is 0 Å². The van der Waals surface area contributed by atoms with Crippen LogP contribution in [-0.2, 0) is 0 Å². The maximum Gasteiger partial charge on any atom is 0.0504 e. The summed E-state index contributed by atoms with van der Waals surface area (Å²) in [5.74, 6) is 0. The SMILES string of the molecule is C1=CC2=c3cc[nH]c3=CCN2C=C1. The second kappa shape index (κ2) is 2.39. The molecule has 0 aromatic carbocycles. The van der Waals surface area contributed by atoms with Crippen molar-refractivity contribution in [2.24, 2.45) is 0 Å². The van der Waals surface area contributed by atoms with E-state index in [9.17, 15) is 0 Å². The van der Waals surface area contributed by atoms with Crippen LogP contribution in [-0.4, -0.2) is 16.4 Å². The molecule has 0 spiro atoms. The third-order valence-electron chi connectivity index (χ3n) is 2.49. The first-order chi connectivity index (χ1) is 6.45. The Balaban J connectivity index is 2.40. The van der Waals surface area contributed by atoms with Gasteiger partial charge in [-0.1, -0.05) is 6.08 Å². The Morgan fingerprint density at radius 2 is 2.31 bits per heavy atom. The maximum atomic E-state index is 3.23. The molecule has 3 rings (SSSR count). The van der Waals surface area contributed by atoms with Crippen LogP contribution in [0.25, 0.3) is 11.8 Å². The van der Waals surface area contributed by atoms with Gasteiger partial charge in [0, 0.05) is 29.5 Å². The van der Waals surface area contributed by atoms with Crippen LogP contribution in [0.3, 0.4) is 0 Å². The highest BCUT2D eigenvalue weighted by Gasteiger charge is 2.10. The normalized spacial score (nSPS) is 18.2. The molecule has 0 atom stereocenters. The predicted molar refractivity (Wildman–Crippen MR) is 52.9 cm³/mol. The molecule has 0 amide bonds. The van der Waals surface area contributed by atoms with Crippen LogP contribution in [0.5, 0.6) is 0 Å². The summed E-state index contributed by atoms with van der Waals surface area (Å²) in [7, 11) is 0. The van der Waals surface area contributed by atoms with Crippen molar-refractivity contribution in [2.75, 3.05) is 6.54 Å². The van der Waals surface area contributed by atoms with E-state index in [1.165, 1.54) is 16.3 Å². The largest absolute Gasteiger partial charge is 0.361 e. The van der Waals surface area contributed by atoms with Crippen molar-refractivity contribution in [3.8, 4) is 0 Å². The lowest BCUT2D eigenvalue weighted by molar-refractivity contribution is 0.597. The van der Waals surface area contributed by atoms with E-state index >= 15 is 0 Å². The van der Waals surface area contributed by atoms with Crippen molar-refractivity contribution in [1.29, 1.82) is 0 Å². The van der Waals surface area contributed by atoms with Crippen molar-refractivity contribution in [3.63, 3.8) is 0 Å². The van der Waals surface area contributed by atoms with Crippen LogP contribution < -0.4 is 10.6 Å². The number of hydrogen-bond acceptors (Lipinski definition) is 1. The summed E-state index contributed by atoms with van der Waals surface area (Å²) < 4.78 is 0. The highest BCUT2D eigenvalue weighted by molar-refractivity contribution is 5.62. The Hall–Kier alpha value is -1.70. The number of fused-ring (bicyclic) bond motifs is 2. The molecule has 0 aliphatic carbocycles. The zero-order chi connectivity index (χ0) is 8.67. The number of aromatic nitrogens is 1. The fraction of sp³-hybridized carbons (Fsp3) is 0.0909. The molecule has 2 heteroatoms. The molecule has 0 fully saturated rings. The molecule has 13 heavy (non-hydrogen) atoms. The zero-order valence-corrected chi connectivity index (χ0v) is 7.20. The van der Waals surface area contributed by atoms with Gasteiger partial charge in [-0.15, -0.1) is 0 Å². The molecule has 0 unspecified atom stereocenters. The van der Waals surface area contributed by atoms with Crippen LogP contribution in [0.4, 0.5) is 0 Å². The Morgan fingerprint density at radius 3 is 3.31 bits per heavy atom. The lowest BCUT2D eigenvalue weighted by Crippen LogP contribution is -2.36. The van der Waals surface area contributed by atoms with E-state index < -0.39 is 0 Å². The summed E-state index contributed by atoms with van der Waals surface area (Å²) >= 11 is 0. The minimum atomic E-state index is 0.962. The van der Waals surface area contributed by atoms with Gasteiger partial charge in [-0.05, 0) is 24.3 Å². The number of allylic oxidation sites excluding steroid dienone is 2. The Kier molecular flexibility index (Phi) is 1.25. The zero-order valence-electron chi connectivity index (χ0n) is 7.20. The van der Waals surface area contributed by atoms with E-state index in [4.69, 9.17) is 0 Å². The first-order valence-electron chi connectivity index (χ1n) is 4.44. The third-order valence-corrected chi connectivity index (χ3v) is 2.49. The van der Waals surface area contributed by atoms with Crippen molar-refractivity contribution in [2.45, 2.75) is 0 Å². The number of hydrogen-bond donors (Lipinski definition) is 1. The number of nitrogens with one attached hydrogen (secondary N) is 1. The van der Waals surface area contributed by atoms with Crippen molar-refractivity contribution in [3.05, 3.63) is 47.3 Å². The number of aromatic amines is 1. The summed E-state index contributed by atoms with van der Waals surface area (Å²) in [5.41, 5.74) is 1.29. The summed E-state index contributed by atoms with van der Waals surface area (Å²) in [6.45, 7) is 0.962. The third kappa shape index (κ3) is 0.886. The monoisotopic (exact) mass is 170 g/mol. The smallest absolute Gasteiger partial charge is 0.0504 e. The van der Waals surface area contributed by atoms with Crippen LogP contribution in [0, 0.1) is 0 Å². The van der Waals surface area contributed by atoms with Gasteiger partial charge >= 0.3 is 0 Å². The standard InChI is InChI=1S/C11H10N2/c1-2-7-13-8-5-10-9(4-6-12-10)11(13)3-1/h1-7,12H,8H2. The summed E-state index contributed by atoms with van der Waals surface area (Å²) in [6.07, 6.45) is 12.6. The summed E-state index contributed by atoms with van der Waals surface area (Å²) in [6, 6.07) is 2.12. The van der Waals surface area contributed by atoms with Crippen molar-refractivity contribution >= 4 is 11.8 Å². The molecule has 64 valence electrons. The minimum Gasteiger partial charge on any atom is -0.361 e. The molecule has 3 heterocycles. The van der Waals surface area contributed by atoms with E-state index in [1.807, 2.05) is 6.20 Å². The van der Waals surface area contributed by atoms with Gasteiger partial charge in [0.1, 0.15) is 0 Å². The first-order valence-corrected chi connectivity index (χ1v) is 4.44. The highest BCUT2D eigenvalue weighted by atomic mass is 15.1. The molecular weight excluding hydrogens is 160 g/mol. The van der Waals surface area contributed by atoms with Gasteiger partial charge in [0.25, 0.3) is 0 Å². The molecule has 0 bridgehead atoms. The summed E-state index contributed by atoms with van der Waals surface area (Å²) in [5, 5.41) is 2.54. The van der Waals surface area contributed by atoms with E-state index in [0.29, 0.717) is 0 Å². The van der Waals surface area contributed by atoms with Crippen LogP contribution >= 0.6 is 0 Å². The second-order valence-corrected chi connectivity index (χ2v) is 3.25. The topological polar surface area (TPSA) is 19.0 Å². The molecule has 0 radical (unpaired) electrons. The van der Waals surface area contributed by atoms with Gasteiger partial charge in [0.05, 0.1) is 5.70 Å². The maximum absolute atomic E-state index is 3.23. The van der Waals surface area contributed by atoms with Crippen molar-refractivity contribution in [1.82, 2.24) is 9.88 Å². The van der Waals surface area contributed by atoms with E-state index in [2.05, 4.69) is 46.5 Å². The second-order valence-electron chi connectivity index (χ2n) is 3.25. The van der Waals surface area contributed by atoms with E-state index in [-0.39, 0.29) is 0 Å². The average Bonchev–Trinajstić information content (AvgIpc) is 2.65. The molecule has 2 aliphatic heterocycles. The predicted octanol–water partition coefficient (Wildman–Crippen LogP) is 0.303. The molecule has 1 aromatic heterocycles. The van der Waals surface area contributed by atoms with Crippen LogP contribution in [0.1, 0.15) is 0 Å². The van der Waals surface area contributed by atoms with Gasteiger partial charge < -0.3 is 9.88 Å². The van der Waals surface area contributed by atoms with E-state index in [0.717, 1.165) is 6.54 Å². The molecule has 1 N–H and O–H groups in total. The molecule has 2 nitrogen and oxygen atoms in total. The average molecular weight is 170 g/mol. The highest BCUT2D eigenvalue weighted by Crippen LogP contribution is 2.12. The van der Waals surface area contributed by atoms with Crippen LogP contribution in [0.2, 0.25) is 0 Å². The molecule has 1 aromatic rings. The number of H-pyrrole nitrogens is 1. The Bertz CT molecular complexity index is 502. The molecule has 2 aliphatic rings. The van der Waals surface area contributed by atoms with Gasteiger partial charge in [-0.3, -0.25) is 0 Å². The minimum absolute atomic E-state index is 0.962. The number of rotatable bonds is 0. The quantitative estimate of drug-likeness (QED) is 0.593. The fourth-order valence-electron chi connectivity index (χ4n) is 1.84. The Labute approximate surface area is 76.2 Å². The lowest BCUT2D eigenvalue weighted by atomic mass is 10.2. The first kappa shape index (κ1) is 6.78. The molecular formula is C11H10N2. The number of nitrogens with zero attached hydrogens (tertiary/aromatic N) is 1. The van der Waals surface area contributed by atoms with Gasteiger partial charge in [0.15, 0.2) is 0 Å². The molecule has 0 saturated carbocycles. The summed E-state index contributed by atoms with van der Waals surface area (Å²) in [4.78, 5) is 5.48. The molecule has 0 saturated heterocycles. The van der Waals surface area contributed by atoms with Gasteiger partial charge in [-0.2, -0.15) is 0 Å². The van der Waals surface area contributed by atoms with Gasteiger partial charge in [-0.25, -0.2) is 0 Å². The Morgan fingerprint density at radius 1 is 1.31 bits per heavy atom. The van der Waals surface area contributed by atoms with Crippen LogP contribution in [0.15, 0.2) is 36.7 Å². The van der Waals surface area contributed by atoms with E-state index in [1.54, 1.807) is 0 Å². The van der Waals surface area contributed by atoms with Crippen molar-refractivity contribution < 1.29 is 0 Å². The fourth-order valence-corrected chi connectivity index (χ4v) is 1.84. The lowest BCUT2D eigenvalue weighted by Gasteiger charge is -2.23.